The van der Waals surface area contributed by atoms with Gasteiger partial charge in [-0.25, -0.2) is 0 Å². The lowest BCUT2D eigenvalue weighted by Gasteiger charge is -2.20. The van der Waals surface area contributed by atoms with E-state index in [4.69, 9.17) is 0 Å². The van der Waals surface area contributed by atoms with Crippen molar-refractivity contribution in [1.29, 1.82) is 5.26 Å². The molecule has 0 saturated heterocycles. The Kier molecular flexibility index (Phi) is 5.16. The summed E-state index contributed by atoms with van der Waals surface area (Å²) in [7, 11) is 0. The van der Waals surface area contributed by atoms with Crippen LogP contribution in [0, 0.1) is 25.2 Å². The maximum Gasteiger partial charge on any atom is 0.207 e. The monoisotopic (exact) mass is 297 g/mol. The summed E-state index contributed by atoms with van der Waals surface area (Å²) < 4.78 is 0. The summed E-state index contributed by atoms with van der Waals surface area (Å²) in [6.45, 7) is 10.1. The number of nitriles is 1. The Morgan fingerprint density at radius 3 is 2.41 bits per heavy atom. The second-order valence-electron chi connectivity index (χ2n) is 5.55. The smallest absolute Gasteiger partial charge is 0.207 e. The number of hydrogen-bond donors (Lipinski definition) is 0. The van der Waals surface area contributed by atoms with Crippen LogP contribution in [0.2, 0.25) is 0 Å². The molecule has 0 atom stereocenters. The molecule has 0 radical (unpaired) electrons. The Labute approximate surface area is 132 Å². The molecule has 116 valence electrons. The van der Waals surface area contributed by atoms with Crippen LogP contribution in [0.15, 0.2) is 18.2 Å². The van der Waals surface area contributed by atoms with Gasteiger partial charge < -0.3 is 4.90 Å². The van der Waals surface area contributed by atoms with Crippen molar-refractivity contribution in [2.75, 3.05) is 18.0 Å². The summed E-state index contributed by atoms with van der Waals surface area (Å²) in [5.74, 6) is 0.687. The van der Waals surface area contributed by atoms with E-state index in [1.165, 1.54) is 0 Å². The van der Waals surface area contributed by atoms with Crippen molar-refractivity contribution in [2.45, 2.75) is 40.5 Å². The van der Waals surface area contributed by atoms with Crippen molar-refractivity contribution >= 4 is 5.82 Å². The molecule has 2 aromatic rings. The Balaban J connectivity index is 2.48. The van der Waals surface area contributed by atoms with Crippen LogP contribution in [0.4, 0.5) is 5.82 Å². The molecule has 5 heteroatoms. The van der Waals surface area contributed by atoms with Crippen molar-refractivity contribution < 1.29 is 0 Å². The number of benzene rings is 1. The molecule has 1 aromatic carbocycles. The van der Waals surface area contributed by atoms with E-state index >= 15 is 0 Å². The first kappa shape index (κ1) is 16.0. The Morgan fingerprint density at radius 2 is 1.82 bits per heavy atom. The van der Waals surface area contributed by atoms with Crippen molar-refractivity contribution in [2.24, 2.45) is 0 Å². The van der Waals surface area contributed by atoms with Crippen LogP contribution in [0.5, 0.6) is 0 Å². The molecule has 0 bridgehead atoms. The summed E-state index contributed by atoms with van der Waals surface area (Å²) >= 11 is 0. The topological polar surface area (TPSA) is 57.7 Å². The molecular weight excluding hydrogens is 274 g/mol. The molecule has 0 amide bonds. The first-order valence-electron chi connectivity index (χ1n) is 7.80. The van der Waals surface area contributed by atoms with Gasteiger partial charge in [0.25, 0.3) is 0 Å². The highest BCUT2D eigenvalue weighted by atomic mass is 15.5. The molecule has 0 saturated carbocycles. The zero-order chi connectivity index (χ0) is 16.1. The average molecular weight is 297 g/mol. The first-order chi connectivity index (χ1) is 10.6. The molecule has 0 aliphatic heterocycles. The van der Waals surface area contributed by atoms with E-state index in [9.17, 15) is 5.26 Å². The van der Waals surface area contributed by atoms with E-state index in [0.717, 1.165) is 42.7 Å². The third-order valence-electron chi connectivity index (χ3n) is 3.57. The number of rotatable bonds is 6. The number of hydrogen-bond acceptors (Lipinski definition) is 4. The van der Waals surface area contributed by atoms with E-state index in [0.29, 0.717) is 11.5 Å². The number of aromatic nitrogens is 3. The molecule has 0 aliphatic rings. The highest BCUT2D eigenvalue weighted by molar-refractivity contribution is 5.51. The SMILES string of the molecule is CCCN(CCC)c1nn(-c2cc(C)ccc2C)nc1C#N. The summed E-state index contributed by atoms with van der Waals surface area (Å²) in [5.41, 5.74) is 3.56. The standard InChI is InChI=1S/C17H23N5/c1-5-9-21(10-6-2)17-15(12-18)19-22(20-17)16-11-13(3)7-8-14(16)4/h7-8,11H,5-6,9-10H2,1-4H3. The van der Waals surface area contributed by atoms with Gasteiger partial charge in [-0.2, -0.15) is 5.26 Å². The van der Waals surface area contributed by atoms with E-state index in [1.54, 1.807) is 4.80 Å². The summed E-state index contributed by atoms with van der Waals surface area (Å²) in [6.07, 6.45) is 2.03. The second kappa shape index (κ2) is 7.08. The van der Waals surface area contributed by atoms with Crippen LogP contribution >= 0.6 is 0 Å². The van der Waals surface area contributed by atoms with Gasteiger partial charge in [-0.15, -0.1) is 15.0 Å². The van der Waals surface area contributed by atoms with E-state index in [2.05, 4.69) is 47.1 Å². The summed E-state index contributed by atoms with van der Waals surface area (Å²) in [6, 6.07) is 8.34. The molecule has 0 spiro atoms. The average Bonchev–Trinajstić information content (AvgIpc) is 2.93. The fourth-order valence-electron chi connectivity index (χ4n) is 2.49. The fraction of sp³-hybridized carbons (Fsp3) is 0.471. The van der Waals surface area contributed by atoms with Gasteiger partial charge in [-0.3, -0.25) is 0 Å². The Morgan fingerprint density at radius 1 is 1.14 bits per heavy atom. The molecule has 5 nitrogen and oxygen atoms in total. The molecular formula is C17H23N5. The first-order valence-corrected chi connectivity index (χ1v) is 7.80. The molecule has 0 aliphatic carbocycles. The number of anilines is 1. The lowest BCUT2D eigenvalue weighted by Crippen LogP contribution is -2.26. The predicted octanol–water partition coefficient (Wildman–Crippen LogP) is 3.38. The predicted molar refractivity (Wildman–Crippen MR) is 88.3 cm³/mol. The largest absolute Gasteiger partial charge is 0.353 e. The van der Waals surface area contributed by atoms with Gasteiger partial charge in [0.15, 0.2) is 5.82 Å². The minimum Gasteiger partial charge on any atom is -0.353 e. The Bertz CT molecular complexity index is 675. The van der Waals surface area contributed by atoms with Gasteiger partial charge in [0.2, 0.25) is 5.69 Å². The second-order valence-corrected chi connectivity index (χ2v) is 5.55. The fourth-order valence-corrected chi connectivity index (χ4v) is 2.49. The van der Waals surface area contributed by atoms with Gasteiger partial charge in [-0.1, -0.05) is 26.0 Å². The maximum absolute atomic E-state index is 9.40. The van der Waals surface area contributed by atoms with Gasteiger partial charge >= 0.3 is 0 Å². The van der Waals surface area contributed by atoms with Crippen LogP contribution in [0.25, 0.3) is 5.69 Å². The van der Waals surface area contributed by atoms with Crippen LogP contribution in [-0.2, 0) is 0 Å². The quantitative estimate of drug-likeness (QED) is 0.820. The van der Waals surface area contributed by atoms with E-state index in [-0.39, 0.29) is 0 Å². The van der Waals surface area contributed by atoms with Crippen LogP contribution < -0.4 is 4.90 Å². The highest BCUT2D eigenvalue weighted by Crippen LogP contribution is 2.20. The zero-order valence-electron chi connectivity index (χ0n) is 13.8. The van der Waals surface area contributed by atoms with Crippen molar-refractivity contribution in [3.8, 4) is 11.8 Å². The minimum atomic E-state index is 0.391. The number of aryl methyl sites for hydroxylation is 2. The zero-order valence-corrected chi connectivity index (χ0v) is 13.8. The molecule has 22 heavy (non-hydrogen) atoms. The molecule has 2 rings (SSSR count). The van der Waals surface area contributed by atoms with E-state index in [1.807, 2.05) is 19.9 Å². The molecule has 0 unspecified atom stereocenters. The van der Waals surface area contributed by atoms with Crippen LogP contribution in [-0.4, -0.2) is 28.1 Å². The normalized spacial score (nSPS) is 10.5. The summed E-state index contributed by atoms with van der Waals surface area (Å²) in [4.78, 5) is 3.74. The van der Waals surface area contributed by atoms with Crippen LogP contribution in [0.3, 0.4) is 0 Å². The van der Waals surface area contributed by atoms with Gasteiger partial charge in [0, 0.05) is 13.1 Å². The summed E-state index contributed by atoms with van der Waals surface area (Å²) in [5, 5.41) is 18.4. The van der Waals surface area contributed by atoms with E-state index < -0.39 is 0 Å². The van der Waals surface area contributed by atoms with Crippen molar-refractivity contribution in [3.63, 3.8) is 0 Å². The van der Waals surface area contributed by atoms with Gasteiger partial charge in [0.05, 0.1) is 5.69 Å². The highest BCUT2D eigenvalue weighted by Gasteiger charge is 2.18. The van der Waals surface area contributed by atoms with Gasteiger partial charge in [0.1, 0.15) is 6.07 Å². The molecule has 0 N–H and O–H groups in total. The molecule has 1 aromatic heterocycles. The Hall–Kier alpha value is -2.35. The minimum absolute atomic E-state index is 0.391. The number of nitrogens with zero attached hydrogens (tertiary/aromatic N) is 5. The third-order valence-corrected chi connectivity index (χ3v) is 3.57. The van der Waals surface area contributed by atoms with Crippen LogP contribution in [0.1, 0.15) is 43.5 Å². The lowest BCUT2D eigenvalue weighted by atomic mass is 10.1. The van der Waals surface area contributed by atoms with Crippen molar-refractivity contribution in [1.82, 2.24) is 15.0 Å². The third kappa shape index (κ3) is 3.28. The molecule has 1 heterocycles. The molecule has 0 fully saturated rings. The van der Waals surface area contributed by atoms with Gasteiger partial charge in [-0.05, 0) is 43.9 Å². The maximum atomic E-state index is 9.40. The van der Waals surface area contributed by atoms with Crippen molar-refractivity contribution in [3.05, 3.63) is 35.0 Å². The lowest BCUT2D eigenvalue weighted by molar-refractivity contribution is 0.706.